The molecule has 0 radical (unpaired) electrons. The van der Waals surface area contributed by atoms with Gasteiger partial charge in [0, 0.05) is 29.3 Å². The molecule has 2 N–H and O–H groups in total. The molecule has 0 saturated carbocycles. The zero-order chi connectivity index (χ0) is 14.8. The lowest BCUT2D eigenvalue weighted by atomic mass is 9.84. The highest BCUT2D eigenvalue weighted by Crippen LogP contribution is 2.34. The van der Waals surface area contributed by atoms with Crippen molar-refractivity contribution in [2.75, 3.05) is 38.1 Å². The van der Waals surface area contributed by atoms with Crippen molar-refractivity contribution in [2.45, 2.75) is 31.7 Å². The summed E-state index contributed by atoms with van der Waals surface area (Å²) in [6.07, 6.45) is 4.98. The van der Waals surface area contributed by atoms with Crippen LogP contribution < -0.4 is 10.6 Å². The SMILES string of the molecule is CN1CCCC2CN(c3ccc(Br)cc3CCN)CCC21. The van der Waals surface area contributed by atoms with Gasteiger partial charge in [0.25, 0.3) is 0 Å². The molecule has 2 saturated heterocycles. The molecule has 3 rings (SSSR count). The van der Waals surface area contributed by atoms with E-state index in [-0.39, 0.29) is 0 Å². The molecule has 2 aliphatic rings. The molecule has 1 aromatic carbocycles. The number of fused-ring (bicyclic) bond motifs is 1. The van der Waals surface area contributed by atoms with E-state index in [4.69, 9.17) is 5.73 Å². The van der Waals surface area contributed by atoms with Crippen molar-refractivity contribution in [3.63, 3.8) is 0 Å². The largest absolute Gasteiger partial charge is 0.371 e. The fraction of sp³-hybridized carbons (Fsp3) is 0.647. The molecule has 2 fully saturated rings. The Bertz CT molecular complexity index is 491. The first kappa shape index (κ1) is 15.3. The second-order valence-electron chi connectivity index (χ2n) is 6.50. The first-order valence-corrected chi connectivity index (χ1v) is 8.92. The number of rotatable bonds is 3. The van der Waals surface area contributed by atoms with E-state index in [0.29, 0.717) is 6.54 Å². The topological polar surface area (TPSA) is 32.5 Å². The van der Waals surface area contributed by atoms with Crippen molar-refractivity contribution in [2.24, 2.45) is 11.7 Å². The van der Waals surface area contributed by atoms with Gasteiger partial charge in [0.2, 0.25) is 0 Å². The van der Waals surface area contributed by atoms with Gasteiger partial charge in [-0.2, -0.15) is 0 Å². The highest BCUT2D eigenvalue weighted by molar-refractivity contribution is 9.10. The van der Waals surface area contributed by atoms with Gasteiger partial charge in [-0.05, 0) is 75.5 Å². The van der Waals surface area contributed by atoms with Gasteiger partial charge < -0.3 is 15.5 Å². The van der Waals surface area contributed by atoms with Gasteiger partial charge in [-0.15, -0.1) is 0 Å². The second kappa shape index (κ2) is 6.67. The molecule has 4 heteroatoms. The van der Waals surface area contributed by atoms with E-state index < -0.39 is 0 Å². The van der Waals surface area contributed by atoms with Crippen LogP contribution >= 0.6 is 15.9 Å². The van der Waals surface area contributed by atoms with E-state index >= 15 is 0 Å². The molecule has 1 aromatic rings. The standard InChI is InChI=1S/C17H26BrN3/c1-20-9-2-3-14-12-21(10-7-16(14)20)17-5-4-15(18)11-13(17)6-8-19/h4-5,11,14,16H,2-3,6-10,12,19H2,1H3. The van der Waals surface area contributed by atoms with E-state index in [2.05, 4.69) is 51.0 Å². The van der Waals surface area contributed by atoms with Gasteiger partial charge in [-0.25, -0.2) is 0 Å². The minimum Gasteiger partial charge on any atom is -0.371 e. The van der Waals surface area contributed by atoms with Crippen LogP contribution in [0.3, 0.4) is 0 Å². The molecule has 2 heterocycles. The van der Waals surface area contributed by atoms with Gasteiger partial charge in [0.05, 0.1) is 0 Å². The van der Waals surface area contributed by atoms with Crippen molar-refractivity contribution in [3.8, 4) is 0 Å². The van der Waals surface area contributed by atoms with Crippen LogP contribution in [0.25, 0.3) is 0 Å². The van der Waals surface area contributed by atoms with Crippen molar-refractivity contribution in [1.29, 1.82) is 0 Å². The maximum atomic E-state index is 5.79. The highest BCUT2D eigenvalue weighted by Gasteiger charge is 2.34. The average molecular weight is 352 g/mol. The number of benzene rings is 1. The summed E-state index contributed by atoms with van der Waals surface area (Å²) < 4.78 is 1.15. The summed E-state index contributed by atoms with van der Waals surface area (Å²) in [5.74, 6) is 0.826. The smallest absolute Gasteiger partial charge is 0.0400 e. The molecule has 0 aliphatic carbocycles. The molecule has 2 unspecified atom stereocenters. The van der Waals surface area contributed by atoms with Crippen LogP contribution in [0.15, 0.2) is 22.7 Å². The molecule has 21 heavy (non-hydrogen) atoms. The first-order valence-electron chi connectivity index (χ1n) is 8.12. The Hall–Kier alpha value is -0.580. The lowest BCUT2D eigenvalue weighted by Crippen LogP contribution is -2.52. The van der Waals surface area contributed by atoms with Crippen LogP contribution in [0.1, 0.15) is 24.8 Å². The Labute approximate surface area is 136 Å². The summed E-state index contributed by atoms with van der Waals surface area (Å²) in [6.45, 7) is 4.36. The van der Waals surface area contributed by atoms with Gasteiger partial charge in [-0.1, -0.05) is 15.9 Å². The molecule has 116 valence electrons. The summed E-state index contributed by atoms with van der Waals surface area (Å²) >= 11 is 3.59. The summed E-state index contributed by atoms with van der Waals surface area (Å²) in [6, 6.07) is 7.46. The minimum atomic E-state index is 0.714. The molecular weight excluding hydrogens is 326 g/mol. The number of nitrogens with two attached hydrogens (primary N) is 1. The van der Waals surface area contributed by atoms with Gasteiger partial charge in [0.1, 0.15) is 0 Å². The fourth-order valence-electron chi connectivity index (χ4n) is 4.09. The number of anilines is 1. The summed E-state index contributed by atoms with van der Waals surface area (Å²) in [5.41, 5.74) is 8.58. The lowest BCUT2D eigenvalue weighted by Gasteiger charge is -2.47. The fourth-order valence-corrected chi connectivity index (χ4v) is 4.50. The maximum Gasteiger partial charge on any atom is 0.0400 e. The van der Waals surface area contributed by atoms with Crippen LogP contribution in [0.2, 0.25) is 0 Å². The normalized spacial score (nSPS) is 26.7. The van der Waals surface area contributed by atoms with Crippen LogP contribution in [0.4, 0.5) is 5.69 Å². The van der Waals surface area contributed by atoms with E-state index in [1.165, 1.54) is 50.1 Å². The summed E-state index contributed by atoms with van der Waals surface area (Å²) in [5, 5.41) is 0. The van der Waals surface area contributed by atoms with Crippen molar-refractivity contribution >= 4 is 21.6 Å². The number of hydrogen-bond donors (Lipinski definition) is 1. The lowest BCUT2D eigenvalue weighted by molar-refractivity contribution is 0.102. The zero-order valence-corrected chi connectivity index (χ0v) is 14.5. The van der Waals surface area contributed by atoms with Gasteiger partial charge >= 0.3 is 0 Å². The quantitative estimate of drug-likeness (QED) is 0.908. The van der Waals surface area contributed by atoms with Gasteiger partial charge in [-0.3, -0.25) is 0 Å². The number of nitrogens with zero attached hydrogens (tertiary/aromatic N) is 2. The third kappa shape index (κ3) is 3.27. The average Bonchev–Trinajstić information content (AvgIpc) is 2.48. The van der Waals surface area contributed by atoms with Crippen LogP contribution in [-0.4, -0.2) is 44.2 Å². The van der Waals surface area contributed by atoms with Gasteiger partial charge in [0.15, 0.2) is 0 Å². The number of halogens is 1. The number of likely N-dealkylation sites (tertiary alicyclic amines) is 1. The second-order valence-corrected chi connectivity index (χ2v) is 7.41. The number of hydrogen-bond acceptors (Lipinski definition) is 3. The molecule has 0 spiro atoms. The van der Waals surface area contributed by atoms with Crippen LogP contribution in [-0.2, 0) is 6.42 Å². The number of piperidine rings is 2. The Morgan fingerprint density at radius 2 is 2.14 bits per heavy atom. The maximum absolute atomic E-state index is 5.79. The molecule has 2 atom stereocenters. The molecule has 0 bridgehead atoms. The van der Waals surface area contributed by atoms with E-state index in [1.54, 1.807) is 0 Å². The predicted molar refractivity (Wildman–Crippen MR) is 92.9 cm³/mol. The van der Waals surface area contributed by atoms with Crippen molar-refractivity contribution in [1.82, 2.24) is 4.90 Å². The molecule has 0 aromatic heterocycles. The highest BCUT2D eigenvalue weighted by atomic mass is 79.9. The summed E-state index contributed by atoms with van der Waals surface area (Å²) in [4.78, 5) is 5.17. The first-order chi connectivity index (χ1) is 10.2. The van der Waals surface area contributed by atoms with Crippen LogP contribution in [0.5, 0.6) is 0 Å². The molecular formula is C17H26BrN3. The zero-order valence-electron chi connectivity index (χ0n) is 12.9. The predicted octanol–water partition coefficient (Wildman–Crippen LogP) is 2.87. The van der Waals surface area contributed by atoms with E-state index in [0.717, 1.165) is 22.9 Å². The third-order valence-corrected chi connectivity index (χ3v) is 5.63. The Morgan fingerprint density at radius 3 is 2.95 bits per heavy atom. The van der Waals surface area contributed by atoms with Crippen molar-refractivity contribution in [3.05, 3.63) is 28.2 Å². The summed E-state index contributed by atoms with van der Waals surface area (Å²) in [7, 11) is 2.30. The Balaban J connectivity index is 1.79. The van der Waals surface area contributed by atoms with Crippen LogP contribution in [0, 0.1) is 5.92 Å². The van der Waals surface area contributed by atoms with E-state index in [1.807, 2.05) is 0 Å². The molecule has 2 aliphatic heterocycles. The third-order valence-electron chi connectivity index (χ3n) is 5.14. The van der Waals surface area contributed by atoms with Crippen molar-refractivity contribution < 1.29 is 0 Å². The minimum absolute atomic E-state index is 0.714. The molecule has 3 nitrogen and oxygen atoms in total. The Kier molecular flexibility index (Phi) is 4.87. The Morgan fingerprint density at radius 1 is 1.29 bits per heavy atom. The van der Waals surface area contributed by atoms with E-state index in [9.17, 15) is 0 Å². The monoisotopic (exact) mass is 351 g/mol. The molecule has 0 amide bonds.